The Labute approximate surface area is 176 Å². The molecule has 0 saturated heterocycles. The van der Waals surface area contributed by atoms with E-state index in [4.69, 9.17) is 9.47 Å². The lowest BCUT2D eigenvalue weighted by atomic mass is 10.2. The number of ether oxygens (including phenoxy) is 2. The van der Waals surface area contributed by atoms with Gasteiger partial charge in [-0.2, -0.15) is 4.31 Å². The van der Waals surface area contributed by atoms with Gasteiger partial charge in [0.05, 0.1) is 25.2 Å². The maximum absolute atomic E-state index is 12.5. The number of hydrogen-bond acceptors (Lipinski definition) is 6. The second-order valence-electron chi connectivity index (χ2n) is 6.38. The highest BCUT2D eigenvalue weighted by molar-refractivity contribution is 7.89. The van der Waals surface area contributed by atoms with Gasteiger partial charge in [0, 0.05) is 12.6 Å². The van der Waals surface area contributed by atoms with Gasteiger partial charge >= 0.3 is 0 Å². The molecule has 0 aliphatic heterocycles. The topological polar surface area (TPSA) is 114 Å². The highest BCUT2D eigenvalue weighted by Crippen LogP contribution is 2.27. The standard InChI is InChI=1S/C20H25N3O6S/c1-5-29-17-11-8-15(12-18(17)28-4)20(25)22-21-19(24)13-23(3)30(26,27)16-9-6-14(2)7-10-16/h6-12H,5,13H2,1-4H3,(H,21,24)(H,22,25). The molecule has 2 N–H and O–H groups in total. The van der Waals surface area contributed by atoms with Crippen LogP contribution >= 0.6 is 0 Å². The lowest BCUT2D eigenvalue weighted by Crippen LogP contribution is -2.46. The summed E-state index contributed by atoms with van der Waals surface area (Å²) >= 11 is 0. The van der Waals surface area contributed by atoms with Gasteiger partial charge in [-0.05, 0) is 44.2 Å². The Hall–Kier alpha value is -3.11. The van der Waals surface area contributed by atoms with Crippen LogP contribution in [0.4, 0.5) is 0 Å². The molecule has 10 heteroatoms. The molecule has 0 fully saturated rings. The number of carbonyl (C=O) groups excluding carboxylic acids is 2. The smallest absolute Gasteiger partial charge is 0.269 e. The van der Waals surface area contributed by atoms with Crippen molar-refractivity contribution < 1.29 is 27.5 Å². The van der Waals surface area contributed by atoms with Gasteiger partial charge in [0.15, 0.2) is 11.5 Å². The second-order valence-corrected chi connectivity index (χ2v) is 8.42. The largest absolute Gasteiger partial charge is 0.493 e. The molecule has 0 unspecified atom stereocenters. The third-order valence-corrected chi connectivity index (χ3v) is 5.95. The molecule has 0 atom stereocenters. The summed E-state index contributed by atoms with van der Waals surface area (Å²) in [5, 5.41) is 0. The van der Waals surface area contributed by atoms with E-state index in [-0.39, 0.29) is 10.5 Å². The number of sulfonamides is 1. The summed E-state index contributed by atoms with van der Waals surface area (Å²) in [6, 6.07) is 10.9. The maximum atomic E-state index is 12.5. The third-order valence-electron chi connectivity index (χ3n) is 4.14. The molecule has 0 bridgehead atoms. The summed E-state index contributed by atoms with van der Waals surface area (Å²) in [6.45, 7) is 3.64. The predicted octanol–water partition coefficient (Wildman–Crippen LogP) is 1.48. The van der Waals surface area contributed by atoms with Crippen molar-refractivity contribution in [2.75, 3.05) is 27.3 Å². The molecule has 0 aliphatic carbocycles. The first-order chi connectivity index (χ1) is 14.2. The lowest BCUT2D eigenvalue weighted by molar-refractivity contribution is -0.121. The minimum absolute atomic E-state index is 0.0777. The molecule has 0 aliphatic rings. The first-order valence-electron chi connectivity index (χ1n) is 9.12. The van der Waals surface area contributed by atoms with Crippen LogP contribution in [0.3, 0.4) is 0 Å². The van der Waals surface area contributed by atoms with Crippen LogP contribution in [0.2, 0.25) is 0 Å². The lowest BCUT2D eigenvalue weighted by Gasteiger charge is -2.17. The van der Waals surface area contributed by atoms with Gasteiger partial charge in [-0.25, -0.2) is 8.42 Å². The van der Waals surface area contributed by atoms with E-state index in [1.807, 2.05) is 13.8 Å². The molecule has 0 heterocycles. The highest BCUT2D eigenvalue weighted by atomic mass is 32.2. The number of nitrogens with one attached hydrogen (secondary N) is 2. The number of rotatable bonds is 8. The minimum atomic E-state index is -3.83. The molecular weight excluding hydrogens is 410 g/mol. The van der Waals surface area contributed by atoms with Gasteiger partial charge in [0.1, 0.15) is 0 Å². The normalized spacial score (nSPS) is 11.1. The van der Waals surface area contributed by atoms with Crippen molar-refractivity contribution in [3.8, 4) is 11.5 Å². The van der Waals surface area contributed by atoms with Crippen LogP contribution in [0.25, 0.3) is 0 Å². The molecule has 162 valence electrons. The van der Waals surface area contributed by atoms with Crippen LogP contribution in [-0.2, 0) is 14.8 Å². The summed E-state index contributed by atoms with van der Waals surface area (Å²) in [5.74, 6) is -0.420. The average molecular weight is 436 g/mol. The fourth-order valence-corrected chi connectivity index (χ4v) is 3.63. The van der Waals surface area contributed by atoms with Gasteiger partial charge in [-0.15, -0.1) is 0 Å². The monoisotopic (exact) mass is 435 g/mol. The van der Waals surface area contributed by atoms with Gasteiger partial charge < -0.3 is 9.47 Å². The zero-order valence-corrected chi connectivity index (χ0v) is 18.1. The zero-order chi connectivity index (χ0) is 22.3. The van der Waals surface area contributed by atoms with E-state index in [1.54, 1.807) is 18.2 Å². The third kappa shape index (κ3) is 5.71. The number of aryl methyl sites for hydroxylation is 1. The summed E-state index contributed by atoms with van der Waals surface area (Å²) in [5.41, 5.74) is 5.61. The van der Waals surface area contributed by atoms with Crippen LogP contribution < -0.4 is 20.3 Å². The molecule has 2 aromatic rings. The Balaban J connectivity index is 1.96. The number of amides is 2. The summed E-state index contributed by atoms with van der Waals surface area (Å²) in [6.07, 6.45) is 0. The van der Waals surface area contributed by atoms with Crippen molar-refractivity contribution in [2.45, 2.75) is 18.7 Å². The Morgan fingerprint density at radius 3 is 2.30 bits per heavy atom. The Morgan fingerprint density at radius 1 is 1.03 bits per heavy atom. The van der Waals surface area contributed by atoms with E-state index in [0.29, 0.717) is 18.1 Å². The minimum Gasteiger partial charge on any atom is -0.493 e. The van der Waals surface area contributed by atoms with E-state index in [1.165, 1.54) is 38.4 Å². The molecule has 2 amide bonds. The van der Waals surface area contributed by atoms with Crippen LogP contribution in [0.5, 0.6) is 11.5 Å². The van der Waals surface area contributed by atoms with Crippen LogP contribution in [0.1, 0.15) is 22.8 Å². The van der Waals surface area contributed by atoms with Gasteiger partial charge in [0.2, 0.25) is 10.0 Å². The van der Waals surface area contributed by atoms with Crippen molar-refractivity contribution >= 4 is 21.8 Å². The van der Waals surface area contributed by atoms with Crippen molar-refractivity contribution in [3.05, 3.63) is 53.6 Å². The predicted molar refractivity (Wildman–Crippen MR) is 111 cm³/mol. The second kappa shape index (κ2) is 10.1. The Bertz CT molecular complexity index is 1010. The molecule has 2 aromatic carbocycles. The number of nitrogens with zero attached hydrogens (tertiary/aromatic N) is 1. The number of carbonyl (C=O) groups is 2. The molecule has 0 saturated carbocycles. The molecule has 0 aromatic heterocycles. The number of hydrogen-bond donors (Lipinski definition) is 2. The quantitative estimate of drug-likeness (QED) is 0.607. The van der Waals surface area contributed by atoms with Crippen LogP contribution in [-0.4, -0.2) is 51.8 Å². The first-order valence-corrected chi connectivity index (χ1v) is 10.6. The van der Waals surface area contributed by atoms with Crippen molar-refractivity contribution in [2.24, 2.45) is 0 Å². The van der Waals surface area contributed by atoms with Crippen molar-refractivity contribution in [1.29, 1.82) is 0 Å². The average Bonchev–Trinajstić information content (AvgIpc) is 2.72. The first kappa shape index (κ1) is 23.2. The molecule has 2 rings (SSSR count). The fourth-order valence-electron chi connectivity index (χ4n) is 2.50. The van der Waals surface area contributed by atoms with Gasteiger partial charge in [0.25, 0.3) is 11.8 Å². The van der Waals surface area contributed by atoms with E-state index >= 15 is 0 Å². The molecule has 30 heavy (non-hydrogen) atoms. The van der Waals surface area contributed by atoms with E-state index < -0.39 is 28.4 Å². The number of likely N-dealkylation sites (N-methyl/N-ethyl adjacent to an activating group) is 1. The molecular formula is C20H25N3O6S. The SMILES string of the molecule is CCOc1ccc(C(=O)NNC(=O)CN(C)S(=O)(=O)c2ccc(C)cc2)cc1OC. The number of benzene rings is 2. The molecule has 0 radical (unpaired) electrons. The zero-order valence-electron chi connectivity index (χ0n) is 17.3. The fraction of sp³-hybridized carbons (Fsp3) is 0.300. The van der Waals surface area contributed by atoms with Crippen LogP contribution in [0.15, 0.2) is 47.4 Å². The number of hydrazine groups is 1. The highest BCUT2D eigenvalue weighted by Gasteiger charge is 2.23. The van der Waals surface area contributed by atoms with Crippen molar-refractivity contribution in [3.63, 3.8) is 0 Å². The van der Waals surface area contributed by atoms with Gasteiger partial charge in [-0.3, -0.25) is 20.4 Å². The van der Waals surface area contributed by atoms with E-state index in [2.05, 4.69) is 10.9 Å². The van der Waals surface area contributed by atoms with E-state index in [0.717, 1.165) is 9.87 Å². The number of methoxy groups -OCH3 is 1. The molecule has 9 nitrogen and oxygen atoms in total. The van der Waals surface area contributed by atoms with Gasteiger partial charge in [-0.1, -0.05) is 17.7 Å². The maximum Gasteiger partial charge on any atom is 0.269 e. The summed E-state index contributed by atoms with van der Waals surface area (Å²) in [7, 11) is -1.10. The van der Waals surface area contributed by atoms with E-state index in [9.17, 15) is 18.0 Å². The van der Waals surface area contributed by atoms with Crippen LogP contribution in [0, 0.1) is 6.92 Å². The summed E-state index contributed by atoms with van der Waals surface area (Å²) in [4.78, 5) is 24.5. The Morgan fingerprint density at radius 2 is 1.70 bits per heavy atom. The molecule has 0 spiro atoms. The Kier molecular flexibility index (Phi) is 7.79. The summed E-state index contributed by atoms with van der Waals surface area (Å²) < 4.78 is 36.5. The van der Waals surface area contributed by atoms with Crippen molar-refractivity contribution in [1.82, 2.24) is 15.2 Å².